The van der Waals surface area contributed by atoms with E-state index in [1.807, 2.05) is 6.07 Å². The van der Waals surface area contributed by atoms with Gasteiger partial charge < -0.3 is 19.9 Å². The van der Waals surface area contributed by atoms with Crippen LogP contribution < -0.4 is 14.5 Å². The minimum Gasteiger partial charge on any atom is -0.479 e. The van der Waals surface area contributed by atoms with Gasteiger partial charge in [-0.25, -0.2) is 9.97 Å². The summed E-state index contributed by atoms with van der Waals surface area (Å²) in [5, 5.41) is 11.6. The third-order valence-corrected chi connectivity index (χ3v) is 8.22. The molecule has 1 atom stereocenters. The average molecular weight is 490 g/mol. The number of nitrogens with one attached hydrogen (secondary N) is 1. The number of thiazole rings is 1. The number of aromatic nitrogens is 2. The van der Waals surface area contributed by atoms with Crippen molar-refractivity contribution in [3.63, 3.8) is 0 Å². The highest BCUT2D eigenvalue weighted by Gasteiger charge is 2.26. The van der Waals surface area contributed by atoms with E-state index in [2.05, 4.69) is 53.6 Å². The molecule has 1 aliphatic carbocycles. The fraction of sp³-hybridized carbons (Fsp3) is 0.464. The molecular formula is C28H35N5OS. The first-order chi connectivity index (χ1) is 17.0. The van der Waals surface area contributed by atoms with Crippen molar-refractivity contribution in [3.05, 3.63) is 52.8 Å². The minimum absolute atomic E-state index is 0.523. The number of anilines is 2. The molecule has 1 unspecified atom stereocenters. The molecule has 3 aliphatic rings. The predicted octanol–water partition coefficient (Wildman–Crippen LogP) is 7.32. The van der Waals surface area contributed by atoms with Gasteiger partial charge in [0.25, 0.3) is 0 Å². The Labute approximate surface area is 212 Å². The number of ether oxygens (including phenoxy) is 1. The maximum absolute atomic E-state index is 8.45. The quantitative estimate of drug-likeness (QED) is 0.487. The molecule has 0 radical (unpaired) electrons. The van der Waals surface area contributed by atoms with Crippen molar-refractivity contribution in [1.29, 1.82) is 5.41 Å². The van der Waals surface area contributed by atoms with Crippen LogP contribution in [-0.2, 0) is 0 Å². The van der Waals surface area contributed by atoms with Crippen LogP contribution in [0.1, 0.15) is 65.2 Å². The van der Waals surface area contributed by atoms with E-state index in [9.17, 15) is 0 Å². The monoisotopic (exact) mass is 489 g/mol. The second-order valence-electron chi connectivity index (χ2n) is 9.76. The van der Waals surface area contributed by atoms with Crippen LogP contribution in [0.5, 0.6) is 5.88 Å². The Kier molecular flexibility index (Phi) is 7.04. The summed E-state index contributed by atoms with van der Waals surface area (Å²) in [5.74, 6) is 1.12. The number of allylic oxidation sites excluding steroid dienone is 4. The summed E-state index contributed by atoms with van der Waals surface area (Å²) >= 11 is 1.67. The Hall–Kier alpha value is -2.93. The van der Waals surface area contributed by atoms with Gasteiger partial charge in [0, 0.05) is 35.7 Å². The first kappa shape index (κ1) is 23.8. The van der Waals surface area contributed by atoms with Crippen molar-refractivity contribution in [3.8, 4) is 17.3 Å². The van der Waals surface area contributed by atoms with Crippen LogP contribution in [0.25, 0.3) is 11.4 Å². The zero-order valence-corrected chi connectivity index (χ0v) is 21.8. The van der Waals surface area contributed by atoms with Crippen LogP contribution >= 0.6 is 11.3 Å². The number of nitrogens with zero attached hydrogens (tertiary/aromatic N) is 4. The van der Waals surface area contributed by atoms with Gasteiger partial charge in [0.1, 0.15) is 11.4 Å². The highest BCUT2D eigenvalue weighted by atomic mass is 32.1. The molecule has 0 spiro atoms. The number of rotatable bonds is 4. The summed E-state index contributed by atoms with van der Waals surface area (Å²) < 4.78 is 5.72. The average Bonchev–Trinajstić information content (AvgIpc) is 3.41. The SMILES string of the molecule is COc1nc(-c2csc(N3CCCCCC3=C3CCCC3=N)n2)ccc1N1C=CCC(C)C(C)=C1. The number of hydrogen-bond acceptors (Lipinski definition) is 7. The van der Waals surface area contributed by atoms with E-state index in [0.29, 0.717) is 11.8 Å². The van der Waals surface area contributed by atoms with Gasteiger partial charge in [-0.05, 0) is 75.5 Å². The molecule has 4 heterocycles. The highest BCUT2D eigenvalue weighted by molar-refractivity contribution is 7.14. The first-order valence-corrected chi connectivity index (χ1v) is 13.6. The molecule has 0 bridgehead atoms. The lowest BCUT2D eigenvalue weighted by Crippen LogP contribution is -2.24. The van der Waals surface area contributed by atoms with Crippen LogP contribution in [0, 0.1) is 11.3 Å². The largest absolute Gasteiger partial charge is 0.479 e. The van der Waals surface area contributed by atoms with E-state index in [4.69, 9.17) is 20.1 Å². The number of pyridine rings is 1. The van der Waals surface area contributed by atoms with Crippen LogP contribution in [0.15, 0.2) is 52.8 Å². The first-order valence-electron chi connectivity index (χ1n) is 12.8. The maximum atomic E-state index is 8.45. The molecule has 1 saturated carbocycles. The van der Waals surface area contributed by atoms with Crippen LogP contribution in [0.2, 0.25) is 0 Å². The van der Waals surface area contributed by atoms with Crippen molar-refractivity contribution in [2.75, 3.05) is 23.5 Å². The molecule has 2 aromatic rings. The molecular weight excluding hydrogens is 454 g/mol. The van der Waals surface area contributed by atoms with E-state index < -0.39 is 0 Å². The van der Waals surface area contributed by atoms with Crippen molar-refractivity contribution in [2.45, 2.75) is 65.2 Å². The number of methoxy groups -OCH3 is 1. The van der Waals surface area contributed by atoms with E-state index in [1.165, 1.54) is 29.7 Å². The molecule has 2 fully saturated rings. The summed E-state index contributed by atoms with van der Waals surface area (Å²) in [6.45, 7) is 5.40. The van der Waals surface area contributed by atoms with Crippen LogP contribution in [0.3, 0.4) is 0 Å². The summed E-state index contributed by atoms with van der Waals surface area (Å²) in [6.07, 6.45) is 15.2. The highest BCUT2D eigenvalue weighted by Crippen LogP contribution is 2.38. The second-order valence-corrected chi connectivity index (χ2v) is 10.6. The summed E-state index contributed by atoms with van der Waals surface area (Å²) in [6, 6.07) is 4.11. The molecule has 1 saturated heterocycles. The van der Waals surface area contributed by atoms with Gasteiger partial charge in [-0.15, -0.1) is 11.3 Å². The van der Waals surface area contributed by atoms with Gasteiger partial charge in [0.15, 0.2) is 5.13 Å². The smallest absolute Gasteiger partial charge is 0.238 e. The Morgan fingerprint density at radius 2 is 1.94 bits per heavy atom. The summed E-state index contributed by atoms with van der Waals surface area (Å²) in [7, 11) is 1.68. The fourth-order valence-corrected chi connectivity index (χ4v) is 6.00. The molecule has 7 heteroatoms. The Balaban J connectivity index is 1.46. The molecule has 5 rings (SSSR count). The van der Waals surface area contributed by atoms with Crippen LogP contribution in [0.4, 0.5) is 10.8 Å². The molecule has 0 amide bonds. The normalized spacial score (nSPS) is 23.3. The Bertz CT molecular complexity index is 1190. The molecule has 6 nitrogen and oxygen atoms in total. The zero-order chi connectivity index (χ0) is 24.4. The predicted molar refractivity (Wildman–Crippen MR) is 145 cm³/mol. The second kappa shape index (κ2) is 10.4. The number of hydrogen-bond donors (Lipinski definition) is 1. The lowest BCUT2D eigenvalue weighted by Gasteiger charge is -2.25. The van der Waals surface area contributed by atoms with Crippen molar-refractivity contribution in [1.82, 2.24) is 9.97 Å². The molecule has 2 aliphatic heterocycles. The lowest BCUT2D eigenvalue weighted by molar-refractivity contribution is 0.399. The van der Waals surface area contributed by atoms with Crippen molar-refractivity contribution >= 4 is 27.9 Å². The molecule has 2 aromatic heterocycles. The van der Waals surface area contributed by atoms with E-state index in [0.717, 1.165) is 73.0 Å². The third-order valence-electron chi connectivity index (χ3n) is 7.36. The Morgan fingerprint density at radius 3 is 2.74 bits per heavy atom. The molecule has 35 heavy (non-hydrogen) atoms. The van der Waals surface area contributed by atoms with Gasteiger partial charge in [0.2, 0.25) is 5.88 Å². The van der Waals surface area contributed by atoms with E-state index >= 15 is 0 Å². The third kappa shape index (κ3) is 4.92. The standard InChI is InChI=1S/C28H35N5OS/c1-19-9-8-15-32(17-20(19)2)26-14-13-23(30-27(26)34-3)24-18-35-28(31-24)33-16-6-4-5-12-25(33)21-10-7-11-22(21)29/h8,13-15,17-19,29H,4-7,9-12,16H2,1-3H3. The van der Waals surface area contributed by atoms with E-state index in [-0.39, 0.29) is 0 Å². The summed E-state index contributed by atoms with van der Waals surface area (Å²) in [4.78, 5) is 14.4. The molecule has 184 valence electrons. The van der Waals surface area contributed by atoms with E-state index in [1.54, 1.807) is 18.4 Å². The topological polar surface area (TPSA) is 65.3 Å². The van der Waals surface area contributed by atoms with Crippen molar-refractivity contribution in [2.24, 2.45) is 5.92 Å². The lowest BCUT2D eigenvalue weighted by atomic mass is 10.0. The van der Waals surface area contributed by atoms with Gasteiger partial charge in [-0.2, -0.15) is 0 Å². The van der Waals surface area contributed by atoms with Crippen molar-refractivity contribution < 1.29 is 4.74 Å². The van der Waals surface area contributed by atoms with Gasteiger partial charge in [-0.1, -0.05) is 25.0 Å². The summed E-state index contributed by atoms with van der Waals surface area (Å²) in [5.41, 5.74) is 7.37. The minimum atomic E-state index is 0.523. The maximum Gasteiger partial charge on any atom is 0.238 e. The Morgan fingerprint density at radius 1 is 1.06 bits per heavy atom. The fourth-order valence-electron chi connectivity index (χ4n) is 5.13. The van der Waals surface area contributed by atoms with Gasteiger partial charge in [-0.3, -0.25) is 0 Å². The van der Waals surface area contributed by atoms with Gasteiger partial charge in [0.05, 0.1) is 12.8 Å². The van der Waals surface area contributed by atoms with Gasteiger partial charge >= 0.3 is 0 Å². The molecule has 0 aromatic carbocycles. The van der Waals surface area contributed by atoms with Crippen LogP contribution in [-0.4, -0.2) is 29.3 Å². The molecule has 1 N–H and O–H groups in total. The zero-order valence-electron chi connectivity index (χ0n) is 21.0.